The molecule has 108 valence electrons. The quantitative estimate of drug-likeness (QED) is 0.775. The lowest BCUT2D eigenvalue weighted by molar-refractivity contribution is -0.136. The zero-order valence-corrected chi connectivity index (χ0v) is 11.5. The largest absolute Gasteiger partial charge is 0.345 e. The molecule has 2 amide bonds. The van der Waals surface area contributed by atoms with Crippen molar-refractivity contribution in [1.29, 1.82) is 0 Å². The summed E-state index contributed by atoms with van der Waals surface area (Å²) in [6.45, 7) is 1.95. The first-order valence-corrected chi connectivity index (χ1v) is 6.94. The van der Waals surface area contributed by atoms with Gasteiger partial charge in [0.05, 0.1) is 5.92 Å². The highest BCUT2D eigenvalue weighted by atomic mass is 16.5. The number of hydrogen-bond donors (Lipinski definition) is 0. The molecule has 0 N–H and O–H groups in total. The number of nitrogens with zero attached hydrogens (tertiary/aromatic N) is 4. The zero-order valence-electron chi connectivity index (χ0n) is 11.5. The molecular weight excluding hydrogens is 260 g/mol. The Balaban J connectivity index is 1.56. The molecular formula is C13H18N4O3. The lowest BCUT2D eigenvalue weighted by Gasteiger charge is -2.32. The van der Waals surface area contributed by atoms with Crippen LogP contribution in [0, 0.1) is 5.92 Å². The van der Waals surface area contributed by atoms with E-state index in [0.717, 1.165) is 18.7 Å². The number of likely N-dealkylation sites (tertiary alicyclic amines) is 2. The lowest BCUT2D eigenvalue weighted by atomic mass is 9.95. The van der Waals surface area contributed by atoms with E-state index in [4.69, 9.17) is 4.52 Å². The summed E-state index contributed by atoms with van der Waals surface area (Å²) in [5.74, 6) is 0.993. The minimum atomic E-state index is -0.172. The van der Waals surface area contributed by atoms with Crippen LogP contribution in [0.3, 0.4) is 0 Å². The Kier molecular flexibility index (Phi) is 3.42. The van der Waals surface area contributed by atoms with Crippen LogP contribution >= 0.6 is 0 Å². The summed E-state index contributed by atoms with van der Waals surface area (Å²) in [6.07, 6.45) is 3.39. The molecule has 0 spiro atoms. The van der Waals surface area contributed by atoms with Crippen LogP contribution in [0.25, 0.3) is 0 Å². The maximum absolute atomic E-state index is 12.4. The molecule has 3 heterocycles. The smallest absolute Gasteiger partial charge is 0.227 e. The summed E-state index contributed by atoms with van der Waals surface area (Å²) in [7, 11) is 1.75. The van der Waals surface area contributed by atoms with Gasteiger partial charge in [-0.15, -0.1) is 0 Å². The first-order valence-electron chi connectivity index (χ1n) is 6.94. The number of amides is 2. The minimum absolute atomic E-state index is 0.0602. The van der Waals surface area contributed by atoms with Gasteiger partial charge in [-0.3, -0.25) is 9.59 Å². The second-order valence-corrected chi connectivity index (χ2v) is 5.56. The number of aromatic nitrogens is 2. The fraction of sp³-hybridized carbons (Fsp3) is 0.692. The molecule has 2 saturated heterocycles. The molecule has 2 fully saturated rings. The van der Waals surface area contributed by atoms with Gasteiger partial charge in [0.25, 0.3) is 0 Å². The van der Waals surface area contributed by atoms with Crippen LogP contribution in [-0.2, 0) is 9.59 Å². The van der Waals surface area contributed by atoms with E-state index in [-0.39, 0.29) is 23.7 Å². The SMILES string of the molecule is CN1C[C@@H](C(=O)N2CCC(c3ncon3)CC2)CC1=O. The number of hydrogen-bond acceptors (Lipinski definition) is 5. The van der Waals surface area contributed by atoms with E-state index in [1.54, 1.807) is 11.9 Å². The minimum Gasteiger partial charge on any atom is -0.345 e. The number of carbonyl (C=O) groups excluding carboxylic acids is 2. The van der Waals surface area contributed by atoms with Gasteiger partial charge in [-0.25, -0.2) is 0 Å². The van der Waals surface area contributed by atoms with Crippen molar-refractivity contribution in [2.45, 2.75) is 25.2 Å². The molecule has 1 aromatic rings. The molecule has 0 aliphatic carbocycles. The summed E-state index contributed by atoms with van der Waals surface area (Å²) in [5.41, 5.74) is 0. The summed E-state index contributed by atoms with van der Waals surface area (Å²) in [6, 6.07) is 0. The van der Waals surface area contributed by atoms with Gasteiger partial charge in [0.15, 0.2) is 5.82 Å². The average molecular weight is 278 g/mol. The molecule has 3 rings (SSSR count). The van der Waals surface area contributed by atoms with E-state index in [1.165, 1.54) is 6.39 Å². The predicted octanol–water partition coefficient (Wildman–Crippen LogP) is 0.254. The van der Waals surface area contributed by atoms with E-state index in [9.17, 15) is 9.59 Å². The van der Waals surface area contributed by atoms with Crippen LogP contribution in [0.2, 0.25) is 0 Å². The fourth-order valence-corrected chi connectivity index (χ4v) is 3.00. The number of rotatable bonds is 2. The molecule has 0 radical (unpaired) electrons. The summed E-state index contributed by atoms with van der Waals surface area (Å²) in [5, 5.41) is 3.87. The van der Waals surface area contributed by atoms with Crippen LogP contribution in [-0.4, -0.2) is 58.4 Å². The van der Waals surface area contributed by atoms with Crippen LogP contribution in [0.4, 0.5) is 0 Å². The van der Waals surface area contributed by atoms with Crippen LogP contribution < -0.4 is 0 Å². The van der Waals surface area contributed by atoms with E-state index in [0.29, 0.717) is 26.1 Å². The van der Waals surface area contributed by atoms with Gasteiger partial charge in [0.1, 0.15) is 0 Å². The molecule has 7 nitrogen and oxygen atoms in total. The molecule has 7 heteroatoms. The molecule has 2 aliphatic rings. The standard InChI is InChI=1S/C13H18N4O3/c1-16-7-10(6-11(16)18)13(19)17-4-2-9(3-5-17)12-14-8-20-15-12/h8-10H,2-7H2,1H3/t10-/m0/s1. The van der Waals surface area contributed by atoms with Gasteiger partial charge in [-0.1, -0.05) is 5.16 Å². The van der Waals surface area contributed by atoms with Crippen LogP contribution in [0.15, 0.2) is 10.9 Å². The maximum Gasteiger partial charge on any atom is 0.227 e. The second-order valence-electron chi connectivity index (χ2n) is 5.56. The Bertz CT molecular complexity index is 494. The highest BCUT2D eigenvalue weighted by molar-refractivity contribution is 5.89. The number of carbonyl (C=O) groups is 2. The Morgan fingerprint density at radius 3 is 2.70 bits per heavy atom. The van der Waals surface area contributed by atoms with Crippen LogP contribution in [0.1, 0.15) is 31.0 Å². The monoisotopic (exact) mass is 278 g/mol. The third-order valence-electron chi connectivity index (χ3n) is 4.24. The normalized spacial score (nSPS) is 24.4. The molecule has 0 bridgehead atoms. The third kappa shape index (κ3) is 2.39. The first-order chi connectivity index (χ1) is 9.65. The molecule has 1 atom stereocenters. The Morgan fingerprint density at radius 1 is 1.40 bits per heavy atom. The van der Waals surface area contributed by atoms with Gasteiger partial charge < -0.3 is 14.3 Å². The maximum atomic E-state index is 12.4. The highest BCUT2D eigenvalue weighted by Crippen LogP contribution is 2.27. The Morgan fingerprint density at radius 2 is 2.15 bits per heavy atom. The molecule has 0 aromatic carbocycles. The van der Waals surface area contributed by atoms with Crippen LogP contribution in [0.5, 0.6) is 0 Å². The van der Waals surface area contributed by atoms with Gasteiger partial charge in [-0.2, -0.15) is 4.98 Å². The van der Waals surface area contributed by atoms with Gasteiger partial charge >= 0.3 is 0 Å². The summed E-state index contributed by atoms with van der Waals surface area (Å²) >= 11 is 0. The van der Waals surface area contributed by atoms with Crippen molar-refractivity contribution >= 4 is 11.8 Å². The van der Waals surface area contributed by atoms with Gasteiger partial charge in [-0.05, 0) is 12.8 Å². The Labute approximate surface area is 116 Å². The van der Waals surface area contributed by atoms with E-state index < -0.39 is 0 Å². The average Bonchev–Trinajstić information content (AvgIpc) is 3.09. The van der Waals surface area contributed by atoms with E-state index in [1.807, 2.05) is 4.90 Å². The van der Waals surface area contributed by atoms with Crippen molar-refractivity contribution in [1.82, 2.24) is 19.9 Å². The van der Waals surface area contributed by atoms with E-state index >= 15 is 0 Å². The second kappa shape index (κ2) is 5.22. The topological polar surface area (TPSA) is 79.5 Å². The summed E-state index contributed by atoms with van der Waals surface area (Å²) in [4.78, 5) is 31.5. The van der Waals surface area contributed by atoms with E-state index in [2.05, 4.69) is 10.1 Å². The van der Waals surface area contributed by atoms with Crippen molar-refractivity contribution in [3.05, 3.63) is 12.2 Å². The molecule has 1 aromatic heterocycles. The Hall–Kier alpha value is -1.92. The van der Waals surface area contributed by atoms with Gasteiger partial charge in [0.2, 0.25) is 18.2 Å². The molecule has 0 saturated carbocycles. The zero-order chi connectivity index (χ0) is 14.1. The predicted molar refractivity (Wildman–Crippen MR) is 68.6 cm³/mol. The van der Waals surface area contributed by atoms with Crippen molar-refractivity contribution in [2.75, 3.05) is 26.7 Å². The van der Waals surface area contributed by atoms with Crippen molar-refractivity contribution in [3.63, 3.8) is 0 Å². The van der Waals surface area contributed by atoms with Crippen molar-refractivity contribution in [3.8, 4) is 0 Å². The highest BCUT2D eigenvalue weighted by Gasteiger charge is 2.36. The number of piperidine rings is 1. The van der Waals surface area contributed by atoms with Crippen molar-refractivity contribution < 1.29 is 14.1 Å². The van der Waals surface area contributed by atoms with Crippen molar-refractivity contribution in [2.24, 2.45) is 5.92 Å². The van der Waals surface area contributed by atoms with Gasteiger partial charge in [0, 0.05) is 39.0 Å². The summed E-state index contributed by atoms with van der Waals surface area (Å²) < 4.78 is 4.76. The first kappa shape index (κ1) is 13.1. The lowest BCUT2D eigenvalue weighted by Crippen LogP contribution is -2.42. The molecule has 20 heavy (non-hydrogen) atoms. The third-order valence-corrected chi connectivity index (χ3v) is 4.24. The molecule has 0 unspecified atom stereocenters. The molecule has 2 aliphatic heterocycles. The fourth-order valence-electron chi connectivity index (χ4n) is 3.00.